The molecule has 1 fully saturated rings. The zero-order chi connectivity index (χ0) is 21.0. The van der Waals surface area contributed by atoms with Crippen LogP contribution in [0.1, 0.15) is 29.8 Å². The highest BCUT2D eigenvalue weighted by molar-refractivity contribution is 5.92. The van der Waals surface area contributed by atoms with Crippen molar-refractivity contribution in [3.05, 3.63) is 42.0 Å². The summed E-state index contributed by atoms with van der Waals surface area (Å²) < 4.78 is 55.4. The smallest absolute Gasteiger partial charge is 0.422 e. The van der Waals surface area contributed by atoms with Crippen LogP contribution in [0, 0.1) is 11.7 Å². The molecule has 0 unspecified atom stereocenters. The third-order valence-electron chi connectivity index (χ3n) is 4.26. The minimum atomic E-state index is -4.59. The van der Waals surface area contributed by atoms with Crippen molar-refractivity contribution in [2.75, 3.05) is 13.2 Å². The molecule has 1 amide bonds. The molecule has 0 radical (unpaired) electrons. The Balaban J connectivity index is 1.78. The number of nitrogens with zero attached hydrogens (tertiary/aromatic N) is 2. The van der Waals surface area contributed by atoms with Gasteiger partial charge in [0, 0.05) is 12.1 Å². The van der Waals surface area contributed by atoms with Crippen molar-refractivity contribution in [3.8, 4) is 17.1 Å². The van der Waals surface area contributed by atoms with E-state index in [9.17, 15) is 27.5 Å². The Labute approximate surface area is 163 Å². The fourth-order valence-electron chi connectivity index (χ4n) is 2.66. The van der Waals surface area contributed by atoms with Gasteiger partial charge in [0.1, 0.15) is 17.2 Å². The molecule has 1 aliphatic carbocycles. The highest BCUT2D eigenvalue weighted by atomic mass is 19.4. The Morgan fingerprint density at radius 3 is 2.59 bits per heavy atom. The van der Waals surface area contributed by atoms with Crippen molar-refractivity contribution in [1.29, 1.82) is 0 Å². The molecule has 3 rings (SSSR count). The van der Waals surface area contributed by atoms with Crippen LogP contribution in [0.4, 0.5) is 17.6 Å². The molecule has 29 heavy (non-hydrogen) atoms. The van der Waals surface area contributed by atoms with Crippen LogP contribution in [0.5, 0.6) is 5.88 Å². The van der Waals surface area contributed by atoms with E-state index in [0.717, 1.165) is 31.2 Å². The summed E-state index contributed by atoms with van der Waals surface area (Å²) in [5.74, 6) is -1.13. The summed E-state index contributed by atoms with van der Waals surface area (Å²) in [5.41, 5.74) is -0.0535. The second kappa shape index (κ2) is 8.73. The zero-order valence-electron chi connectivity index (χ0n) is 15.2. The number of hydrogen-bond acceptors (Lipinski definition) is 5. The average molecular weight is 413 g/mol. The molecular formula is C19H19F4N3O3. The van der Waals surface area contributed by atoms with Gasteiger partial charge < -0.3 is 15.2 Å². The molecule has 1 atom stereocenters. The lowest BCUT2D eigenvalue weighted by Gasteiger charge is -2.14. The van der Waals surface area contributed by atoms with Crippen LogP contribution in [-0.2, 0) is 0 Å². The molecule has 0 spiro atoms. The van der Waals surface area contributed by atoms with E-state index in [1.54, 1.807) is 0 Å². The molecule has 2 aromatic rings. The van der Waals surface area contributed by atoms with Gasteiger partial charge in [-0.25, -0.2) is 14.4 Å². The number of aliphatic hydroxyl groups is 1. The Bertz CT molecular complexity index is 855. The number of carbonyl (C=O) groups is 1. The molecule has 2 N–H and O–H groups in total. The first-order valence-corrected chi connectivity index (χ1v) is 9.00. The van der Waals surface area contributed by atoms with Crippen molar-refractivity contribution in [2.45, 2.75) is 31.5 Å². The van der Waals surface area contributed by atoms with Gasteiger partial charge in [0.15, 0.2) is 6.61 Å². The molecule has 10 heteroatoms. The molecule has 1 aromatic carbocycles. The third kappa shape index (κ3) is 6.38. The minimum Gasteiger partial charge on any atom is -0.466 e. The number of nitrogens with one attached hydrogen (secondary N) is 1. The lowest BCUT2D eigenvalue weighted by molar-refractivity contribution is -0.154. The quantitative estimate of drug-likeness (QED) is 0.650. The summed E-state index contributed by atoms with van der Waals surface area (Å²) >= 11 is 0. The van der Waals surface area contributed by atoms with Crippen molar-refractivity contribution in [2.24, 2.45) is 5.92 Å². The second-order valence-corrected chi connectivity index (χ2v) is 6.86. The number of alkyl halides is 3. The molecular weight excluding hydrogens is 394 g/mol. The normalized spacial score (nSPS) is 15.1. The number of rotatable bonds is 8. The molecule has 1 heterocycles. The topological polar surface area (TPSA) is 84.3 Å². The van der Waals surface area contributed by atoms with E-state index in [2.05, 4.69) is 15.3 Å². The van der Waals surface area contributed by atoms with Gasteiger partial charge in [-0.15, -0.1) is 0 Å². The van der Waals surface area contributed by atoms with Gasteiger partial charge in [-0.3, -0.25) is 4.79 Å². The lowest BCUT2D eigenvalue weighted by Crippen LogP contribution is -2.33. The summed E-state index contributed by atoms with van der Waals surface area (Å²) in [7, 11) is 0. The first kappa shape index (κ1) is 21.0. The van der Waals surface area contributed by atoms with E-state index in [4.69, 9.17) is 4.74 Å². The maximum Gasteiger partial charge on any atom is 0.422 e. The van der Waals surface area contributed by atoms with Gasteiger partial charge in [0.2, 0.25) is 5.88 Å². The average Bonchev–Trinajstić information content (AvgIpc) is 3.48. The zero-order valence-corrected chi connectivity index (χ0v) is 15.2. The lowest BCUT2D eigenvalue weighted by atomic mass is 10.1. The Kier molecular flexibility index (Phi) is 6.31. The Morgan fingerprint density at radius 1 is 1.28 bits per heavy atom. The first-order valence-electron chi connectivity index (χ1n) is 9.00. The van der Waals surface area contributed by atoms with Crippen LogP contribution >= 0.6 is 0 Å². The number of ether oxygens (including phenoxy) is 1. The van der Waals surface area contributed by atoms with Crippen LogP contribution in [0.25, 0.3) is 11.3 Å². The number of benzene rings is 1. The van der Waals surface area contributed by atoms with Gasteiger partial charge in [0.05, 0.1) is 12.3 Å². The van der Waals surface area contributed by atoms with Crippen LogP contribution in [0.2, 0.25) is 0 Å². The van der Waals surface area contributed by atoms with Crippen LogP contribution in [0.3, 0.4) is 0 Å². The number of halogens is 4. The molecule has 1 aromatic heterocycles. The number of aromatic nitrogens is 2. The van der Waals surface area contributed by atoms with Gasteiger partial charge in [-0.1, -0.05) is 12.8 Å². The van der Waals surface area contributed by atoms with Crippen molar-refractivity contribution < 1.29 is 32.2 Å². The Hall–Kier alpha value is -2.75. The molecule has 1 aliphatic rings. The molecule has 0 saturated heterocycles. The number of carbonyl (C=O) groups excluding carboxylic acids is 1. The van der Waals surface area contributed by atoms with E-state index >= 15 is 0 Å². The predicted molar refractivity (Wildman–Crippen MR) is 94.7 cm³/mol. The molecule has 0 bridgehead atoms. The summed E-state index contributed by atoms with van der Waals surface area (Å²) in [4.78, 5) is 20.1. The van der Waals surface area contributed by atoms with E-state index in [1.165, 1.54) is 12.1 Å². The highest BCUT2D eigenvalue weighted by Crippen LogP contribution is 2.33. The van der Waals surface area contributed by atoms with Crippen molar-refractivity contribution in [3.63, 3.8) is 0 Å². The Morgan fingerprint density at radius 2 is 1.97 bits per heavy atom. The summed E-state index contributed by atoms with van der Waals surface area (Å²) in [6.07, 6.45) is -1.56. The van der Waals surface area contributed by atoms with Crippen molar-refractivity contribution >= 4 is 5.91 Å². The predicted octanol–water partition coefficient (Wildman–Crippen LogP) is 3.11. The summed E-state index contributed by atoms with van der Waals surface area (Å²) in [6.45, 7) is -1.57. The van der Waals surface area contributed by atoms with E-state index in [0.29, 0.717) is 12.3 Å². The van der Waals surface area contributed by atoms with Gasteiger partial charge in [0.25, 0.3) is 5.91 Å². The van der Waals surface area contributed by atoms with E-state index in [-0.39, 0.29) is 23.5 Å². The standard InChI is InChI=1S/C19H19F4N3O3/c20-13-5-3-12(4-6-13)16-18(29-10-19(21,22)23)25-9-15(26-16)17(28)24-8-14(27)7-11-1-2-11/h3-6,9,11,14,27H,1-2,7-8,10H2,(H,24,28)/t14-/m0/s1. The largest absolute Gasteiger partial charge is 0.466 e. The van der Waals surface area contributed by atoms with Crippen LogP contribution in [0.15, 0.2) is 30.5 Å². The van der Waals surface area contributed by atoms with Gasteiger partial charge in [-0.05, 0) is 36.6 Å². The van der Waals surface area contributed by atoms with Crippen LogP contribution < -0.4 is 10.1 Å². The maximum absolute atomic E-state index is 13.2. The second-order valence-electron chi connectivity index (χ2n) is 6.86. The fraction of sp³-hybridized carbons (Fsp3) is 0.421. The van der Waals surface area contributed by atoms with E-state index in [1.807, 2.05) is 0 Å². The van der Waals surface area contributed by atoms with E-state index < -0.39 is 36.5 Å². The molecule has 1 saturated carbocycles. The number of hydrogen-bond donors (Lipinski definition) is 2. The minimum absolute atomic E-state index is 0.0230. The number of aliphatic hydroxyl groups excluding tert-OH is 1. The third-order valence-corrected chi connectivity index (χ3v) is 4.26. The highest BCUT2D eigenvalue weighted by Gasteiger charge is 2.30. The molecule has 0 aliphatic heterocycles. The SMILES string of the molecule is O=C(NC[C@@H](O)CC1CC1)c1cnc(OCC(F)(F)F)c(-c2ccc(F)cc2)n1. The fourth-order valence-corrected chi connectivity index (χ4v) is 2.66. The van der Waals surface area contributed by atoms with Gasteiger partial charge >= 0.3 is 6.18 Å². The van der Waals surface area contributed by atoms with Gasteiger partial charge in [-0.2, -0.15) is 13.2 Å². The van der Waals surface area contributed by atoms with Crippen LogP contribution in [-0.4, -0.2) is 46.4 Å². The first-order chi connectivity index (χ1) is 13.7. The maximum atomic E-state index is 13.2. The van der Waals surface area contributed by atoms with Crippen molar-refractivity contribution in [1.82, 2.24) is 15.3 Å². The summed E-state index contributed by atoms with van der Waals surface area (Å²) in [5, 5.41) is 12.4. The number of amides is 1. The summed E-state index contributed by atoms with van der Waals surface area (Å²) in [6, 6.07) is 4.79. The molecule has 6 nitrogen and oxygen atoms in total. The monoisotopic (exact) mass is 413 g/mol. The molecule has 156 valence electrons.